The first-order valence-corrected chi connectivity index (χ1v) is 9.39. The summed E-state index contributed by atoms with van der Waals surface area (Å²) in [6.07, 6.45) is 0. The second kappa shape index (κ2) is 8.98. The number of amides is 2. The molecule has 0 saturated carbocycles. The van der Waals surface area contributed by atoms with Gasteiger partial charge in [-0.25, -0.2) is 0 Å². The monoisotopic (exact) mass is 411 g/mol. The first-order valence-electron chi connectivity index (χ1n) is 8.51. The van der Waals surface area contributed by atoms with Crippen LogP contribution >= 0.6 is 11.3 Å². The number of aromatic nitrogens is 1. The molecule has 0 bridgehead atoms. The number of H-pyrrole nitrogens is 1. The molecule has 148 valence electrons. The maximum Gasteiger partial charge on any atom is 0.325 e. The third kappa shape index (κ3) is 4.96. The molecule has 0 radical (unpaired) electrons. The molecule has 3 rings (SSSR count). The van der Waals surface area contributed by atoms with Gasteiger partial charge in [0.1, 0.15) is 12.1 Å². The smallest absolute Gasteiger partial charge is 0.325 e. The zero-order valence-corrected chi connectivity index (χ0v) is 16.2. The van der Waals surface area contributed by atoms with Crippen molar-refractivity contribution in [3.8, 4) is 10.6 Å². The van der Waals surface area contributed by atoms with Gasteiger partial charge in [0, 0.05) is 11.3 Å². The molecule has 3 aromatic rings. The molecule has 29 heavy (non-hydrogen) atoms. The molecule has 3 N–H and O–H groups in total. The molecule has 8 nitrogen and oxygen atoms in total. The first-order chi connectivity index (χ1) is 14.0. The predicted octanol–water partition coefficient (Wildman–Crippen LogP) is 2.26. The fourth-order valence-corrected chi connectivity index (χ4v) is 3.20. The number of aromatic amines is 1. The highest BCUT2D eigenvalue weighted by atomic mass is 32.1. The molecular weight excluding hydrogens is 394 g/mol. The molecular formula is C20H17N3O5S. The Morgan fingerprint density at radius 3 is 2.59 bits per heavy atom. The number of hydrogen-bond acceptors (Lipinski definition) is 6. The molecule has 0 saturated heterocycles. The lowest BCUT2D eigenvalue weighted by Crippen LogP contribution is -2.30. The number of carbonyl (C=O) groups excluding carboxylic acids is 3. The van der Waals surface area contributed by atoms with E-state index in [-0.39, 0.29) is 17.7 Å². The van der Waals surface area contributed by atoms with Crippen LogP contribution in [0.15, 0.2) is 58.7 Å². The van der Waals surface area contributed by atoms with E-state index in [1.807, 2.05) is 17.5 Å². The molecule has 2 heterocycles. The Balaban J connectivity index is 1.72. The van der Waals surface area contributed by atoms with Gasteiger partial charge in [0.25, 0.3) is 17.4 Å². The number of carbonyl (C=O) groups is 3. The Morgan fingerprint density at radius 1 is 1.07 bits per heavy atom. The molecule has 9 heteroatoms. The van der Waals surface area contributed by atoms with Gasteiger partial charge in [-0.15, -0.1) is 11.3 Å². The van der Waals surface area contributed by atoms with Crippen molar-refractivity contribution in [2.45, 2.75) is 0 Å². The molecule has 0 fully saturated rings. The van der Waals surface area contributed by atoms with Crippen LogP contribution in [-0.2, 0) is 9.53 Å². The number of methoxy groups -OCH3 is 1. The zero-order chi connectivity index (χ0) is 20.8. The van der Waals surface area contributed by atoms with Gasteiger partial charge < -0.3 is 20.4 Å². The van der Waals surface area contributed by atoms with E-state index in [9.17, 15) is 19.2 Å². The lowest BCUT2D eigenvalue weighted by Gasteiger charge is -2.08. The Bertz CT molecular complexity index is 1110. The molecule has 0 aliphatic carbocycles. The topological polar surface area (TPSA) is 117 Å². The van der Waals surface area contributed by atoms with Crippen LogP contribution in [0.4, 0.5) is 5.69 Å². The molecule has 0 spiro atoms. The lowest BCUT2D eigenvalue weighted by molar-refractivity contribution is -0.139. The van der Waals surface area contributed by atoms with Crippen molar-refractivity contribution >= 4 is 34.8 Å². The molecule has 0 aliphatic heterocycles. The van der Waals surface area contributed by atoms with Gasteiger partial charge in [-0.2, -0.15) is 0 Å². The fourth-order valence-electron chi connectivity index (χ4n) is 2.49. The number of nitrogens with one attached hydrogen (secondary N) is 3. The summed E-state index contributed by atoms with van der Waals surface area (Å²) >= 11 is 1.48. The zero-order valence-electron chi connectivity index (χ0n) is 15.4. The van der Waals surface area contributed by atoms with Crippen LogP contribution in [0, 0.1) is 0 Å². The van der Waals surface area contributed by atoms with Crippen LogP contribution < -0.4 is 16.2 Å². The molecule has 2 aromatic heterocycles. The van der Waals surface area contributed by atoms with Crippen molar-refractivity contribution < 1.29 is 19.1 Å². The van der Waals surface area contributed by atoms with Crippen molar-refractivity contribution in [1.82, 2.24) is 10.3 Å². The van der Waals surface area contributed by atoms with E-state index in [4.69, 9.17) is 0 Å². The number of hydrogen-bond donors (Lipinski definition) is 3. The second-order valence-electron chi connectivity index (χ2n) is 5.89. The maximum absolute atomic E-state index is 12.5. The standard InChI is InChI=1S/C20H17N3O5S/c1-28-17(24)11-21-18(25)12-4-2-5-13(10-12)22-19(26)14-7-8-15(23-20(14)27)16-6-3-9-29-16/h2-10H,11H2,1H3,(H,21,25)(H,22,26)(H,23,27). The highest BCUT2D eigenvalue weighted by Crippen LogP contribution is 2.21. The molecule has 0 atom stereocenters. The highest BCUT2D eigenvalue weighted by molar-refractivity contribution is 7.13. The number of anilines is 1. The van der Waals surface area contributed by atoms with Crippen LogP contribution in [0.3, 0.4) is 0 Å². The minimum atomic E-state index is -0.601. The van der Waals surface area contributed by atoms with Crippen LogP contribution in [0.5, 0.6) is 0 Å². The quantitative estimate of drug-likeness (QED) is 0.538. The second-order valence-corrected chi connectivity index (χ2v) is 6.83. The van der Waals surface area contributed by atoms with Crippen LogP contribution in [0.1, 0.15) is 20.7 Å². The highest BCUT2D eigenvalue weighted by Gasteiger charge is 2.14. The number of esters is 1. The van der Waals surface area contributed by atoms with Crippen LogP contribution in [0.25, 0.3) is 10.6 Å². The fraction of sp³-hybridized carbons (Fsp3) is 0.100. The minimum Gasteiger partial charge on any atom is -0.468 e. The van der Waals surface area contributed by atoms with E-state index in [0.29, 0.717) is 11.4 Å². The molecule has 1 aromatic carbocycles. The summed E-state index contributed by atoms with van der Waals surface area (Å²) in [6, 6.07) is 13.0. The van der Waals surface area contributed by atoms with E-state index in [1.54, 1.807) is 18.2 Å². The number of pyridine rings is 1. The van der Waals surface area contributed by atoms with E-state index in [1.165, 1.54) is 36.6 Å². The van der Waals surface area contributed by atoms with Gasteiger partial charge in [-0.05, 0) is 41.8 Å². The summed E-state index contributed by atoms with van der Waals surface area (Å²) in [5, 5.41) is 6.90. The number of thiophene rings is 1. The summed E-state index contributed by atoms with van der Waals surface area (Å²) in [7, 11) is 1.22. The minimum absolute atomic E-state index is 0.0501. The summed E-state index contributed by atoms with van der Waals surface area (Å²) in [6.45, 7) is -0.266. The summed E-state index contributed by atoms with van der Waals surface area (Å²) in [4.78, 5) is 51.6. The van der Waals surface area contributed by atoms with Gasteiger partial charge in [-0.1, -0.05) is 12.1 Å². The SMILES string of the molecule is COC(=O)CNC(=O)c1cccc(NC(=O)c2ccc(-c3cccs3)[nH]c2=O)c1. The maximum atomic E-state index is 12.5. The Morgan fingerprint density at radius 2 is 1.90 bits per heavy atom. The van der Waals surface area contributed by atoms with E-state index >= 15 is 0 Å². The first kappa shape index (κ1) is 20.0. The van der Waals surface area contributed by atoms with Gasteiger partial charge in [-0.3, -0.25) is 19.2 Å². The average Bonchev–Trinajstić information content (AvgIpc) is 3.26. The van der Waals surface area contributed by atoms with Crippen LogP contribution in [-0.4, -0.2) is 36.4 Å². The van der Waals surface area contributed by atoms with Crippen molar-refractivity contribution in [3.05, 3.63) is 75.4 Å². The van der Waals surface area contributed by atoms with Gasteiger partial charge >= 0.3 is 5.97 Å². The third-order valence-corrected chi connectivity index (χ3v) is 4.85. The average molecular weight is 411 g/mol. The normalized spacial score (nSPS) is 10.2. The van der Waals surface area contributed by atoms with Gasteiger partial charge in [0.2, 0.25) is 0 Å². The van der Waals surface area contributed by atoms with Gasteiger partial charge in [0.05, 0.1) is 17.7 Å². The Labute approximate surface area is 169 Å². The van der Waals surface area contributed by atoms with Crippen molar-refractivity contribution in [3.63, 3.8) is 0 Å². The van der Waals surface area contributed by atoms with Crippen molar-refractivity contribution in [2.75, 3.05) is 19.0 Å². The predicted molar refractivity (Wildman–Crippen MR) is 109 cm³/mol. The number of benzene rings is 1. The molecule has 0 unspecified atom stereocenters. The number of ether oxygens (including phenoxy) is 1. The third-order valence-electron chi connectivity index (χ3n) is 3.94. The summed E-state index contributed by atoms with van der Waals surface area (Å²) in [5.74, 6) is -1.67. The lowest BCUT2D eigenvalue weighted by atomic mass is 10.1. The van der Waals surface area contributed by atoms with Gasteiger partial charge in [0.15, 0.2) is 0 Å². The van der Waals surface area contributed by atoms with E-state index < -0.39 is 23.3 Å². The van der Waals surface area contributed by atoms with Crippen molar-refractivity contribution in [2.24, 2.45) is 0 Å². The van der Waals surface area contributed by atoms with E-state index in [0.717, 1.165) is 4.88 Å². The Kier molecular flexibility index (Phi) is 6.20. The molecule has 2 amide bonds. The summed E-state index contributed by atoms with van der Waals surface area (Å²) in [5.41, 5.74) is 0.646. The number of rotatable bonds is 6. The summed E-state index contributed by atoms with van der Waals surface area (Å²) < 4.78 is 4.46. The van der Waals surface area contributed by atoms with Crippen LogP contribution in [0.2, 0.25) is 0 Å². The van der Waals surface area contributed by atoms with E-state index in [2.05, 4.69) is 20.4 Å². The Hall–Kier alpha value is -3.72. The van der Waals surface area contributed by atoms with Crippen molar-refractivity contribution in [1.29, 1.82) is 0 Å². The largest absolute Gasteiger partial charge is 0.468 e. The molecule has 0 aliphatic rings.